The minimum absolute atomic E-state index is 0.274. The van der Waals surface area contributed by atoms with E-state index in [0.717, 1.165) is 9.86 Å². The van der Waals surface area contributed by atoms with E-state index in [1.165, 1.54) is 0 Å². The van der Waals surface area contributed by atoms with Gasteiger partial charge in [-0.2, -0.15) is 0 Å². The molecule has 0 unspecified atom stereocenters. The molecular weight excluding hydrogens is 336 g/mol. The highest BCUT2D eigenvalue weighted by molar-refractivity contribution is 9.10. The van der Waals surface area contributed by atoms with Gasteiger partial charge >= 0.3 is 0 Å². The summed E-state index contributed by atoms with van der Waals surface area (Å²) in [7, 11) is 1.56. The molecule has 0 aliphatic carbocycles. The van der Waals surface area contributed by atoms with Gasteiger partial charge in [0.15, 0.2) is 11.4 Å². The molecule has 0 radical (unpaired) electrons. The molecule has 0 fully saturated rings. The van der Waals surface area contributed by atoms with E-state index in [2.05, 4.69) is 26.4 Å². The molecule has 21 heavy (non-hydrogen) atoms. The summed E-state index contributed by atoms with van der Waals surface area (Å²) in [6.07, 6.45) is 0. The van der Waals surface area contributed by atoms with Crippen molar-refractivity contribution < 1.29 is 14.1 Å². The van der Waals surface area contributed by atoms with Crippen molar-refractivity contribution in [2.45, 2.75) is 0 Å². The van der Waals surface area contributed by atoms with Crippen LogP contribution in [0.15, 0.2) is 51.5 Å². The standard InChI is InChI=1S/C15H11BrN2O3/c1-20-11-4-2-3-9(7-11)15(19)17-14-12-8-10(16)5-6-13(12)21-18-14/h2-8H,1H3,(H,17,18,19). The Morgan fingerprint density at radius 1 is 1.29 bits per heavy atom. The number of carbonyl (C=O) groups excluding carboxylic acids is 1. The first-order valence-corrected chi connectivity index (χ1v) is 6.97. The predicted octanol–water partition coefficient (Wildman–Crippen LogP) is 3.85. The third-order valence-electron chi connectivity index (χ3n) is 3.00. The number of anilines is 1. The Morgan fingerprint density at radius 3 is 2.95 bits per heavy atom. The zero-order valence-corrected chi connectivity index (χ0v) is 12.7. The number of amides is 1. The van der Waals surface area contributed by atoms with Crippen molar-refractivity contribution in [2.75, 3.05) is 12.4 Å². The first kappa shape index (κ1) is 13.6. The Bertz CT molecular complexity index is 814. The number of hydrogen-bond donors (Lipinski definition) is 1. The molecule has 1 heterocycles. The van der Waals surface area contributed by atoms with Gasteiger partial charge in [0.25, 0.3) is 5.91 Å². The Balaban J connectivity index is 1.90. The van der Waals surface area contributed by atoms with Crippen molar-refractivity contribution in [3.63, 3.8) is 0 Å². The second-order valence-electron chi connectivity index (χ2n) is 4.36. The summed E-state index contributed by atoms with van der Waals surface area (Å²) in [5.41, 5.74) is 1.10. The molecule has 2 aromatic carbocycles. The fourth-order valence-corrected chi connectivity index (χ4v) is 2.31. The average molecular weight is 347 g/mol. The minimum Gasteiger partial charge on any atom is -0.497 e. The molecule has 0 aliphatic heterocycles. The van der Waals surface area contributed by atoms with Gasteiger partial charge in [0, 0.05) is 10.0 Å². The Labute approximate surface area is 129 Å². The van der Waals surface area contributed by atoms with Crippen molar-refractivity contribution >= 4 is 38.6 Å². The highest BCUT2D eigenvalue weighted by Gasteiger charge is 2.13. The normalized spacial score (nSPS) is 10.6. The molecule has 3 rings (SSSR count). The van der Waals surface area contributed by atoms with Crippen LogP contribution in [-0.2, 0) is 0 Å². The summed E-state index contributed by atoms with van der Waals surface area (Å²) in [4.78, 5) is 12.2. The lowest BCUT2D eigenvalue weighted by molar-refractivity contribution is 0.102. The number of halogens is 1. The number of fused-ring (bicyclic) bond motifs is 1. The van der Waals surface area contributed by atoms with E-state index in [4.69, 9.17) is 9.26 Å². The van der Waals surface area contributed by atoms with E-state index in [9.17, 15) is 4.79 Å². The second kappa shape index (κ2) is 5.57. The number of aromatic nitrogens is 1. The summed E-state index contributed by atoms with van der Waals surface area (Å²) in [5, 5.41) is 7.36. The number of ether oxygens (including phenoxy) is 1. The topological polar surface area (TPSA) is 64.4 Å². The highest BCUT2D eigenvalue weighted by atomic mass is 79.9. The molecular formula is C15H11BrN2O3. The SMILES string of the molecule is COc1cccc(C(=O)Nc2noc3ccc(Br)cc23)c1. The third kappa shape index (κ3) is 2.75. The number of hydrogen-bond acceptors (Lipinski definition) is 4. The number of carbonyl (C=O) groups is 1. The molecule has 0 aliphatic rings. The van der Waals surface area contributed by atoms with Gasteiger partial charge in [0.05, 0.1) is 12.5 Å². The first-order valence-electron chi connectivity index (χ1n) is 6.18. The van der Waals surface area contributed by atoms with E-state index < -0.39 is 0 Å². The van der Waals surface area contributed by atoms with Crippen LogP contribution >= 0.6 is 15.9 Å². The zero-order valence-electron chi connectivity index (χ0n) is 11.1. The zero-order chi connectivity index (χ0) is 14.8. The van der Waals surface area contributed by atoms with Crippen LogP contribution in [0.3, 0.4) is 0 Å². The van der Waals surface area contributed by atoms with Gasteiger partial charge in [-0.1, -0.05) is 27.2 Å². The lowest BCUT2D eigenvalue weighted by atomic mass is 10.2. The quantitative estimate of drug-likeness (QED) is 0.782. The number of methoxy groups -OCH3 is 1. The van der Waals surface area contributed by atoms with E-state index in [-0.39, 0.29) is 5.91 Å². The molecule has 0 atom stereocenters. The van der Waals surface area contributed by atoms with Crippen molar-refractivity contribution in [3.8, 4) is 5.75 Å². The maximum atomic E-state index is 12.2. The van der Waals surface area contributed by atoms with Gasteiger partial charge in [-0.15, -0.1) is 0 Å². The van der Waals surface area contributed by atoms with Crippen molar-refractivity contribution in [2.24, 2.45) is 0 Å². The number of benzene rings is 2. The molecule has 0 saturated carbocycles. The lowest BCUT2D eigenvalue weighted by Crippen LogP contribution is -2.12. The van der Waals surface area contributed by atoms with E-state index in [1.54, 1.807) is 37.4 Å². The van der Waals surface area contributed by atoms with Crippen LogP contribution in [0.4, 0.5) is 5.82 Å². The highest BCUT2D eigenvalue weighted by Crippen LogP contribution is 2.26. The molecule has 6 heteroatoms. The van der Waals surface area contributed by atoms with Gasteiger partial charge in [-0.3, -0.25) is 4.79 Å². The van der Waals surface area contributed by atoms with Crippen LogP contribution in [-0.4, -0.2) is 18.2 Å². The van der Waals surface area contributed by atoms with Gasteiger partial charge in [-0.05, 0) is 36.4 Å². The molecule has 0 bridgehead atoms. The summed E-state index contributed by atoms with van der Waals surface area (Å²) in [6, 6.07) is 12.4. The molecule has 5 nitrogen and oxygen atoms in total. The minimum atomic E-state index is -0.274. The summed E-state index contributed by atoms with van der Waals surface area (Å²) in [6.45, 7) is 0. The molecule has 3 aromatic rings. The van der Waals surface area contributed by atoms with Crippen LogP contribution in [0.25, 0.3) is 11.0 Å². The van der Waals surface area contributed by atoms with Crippen molar-refractivity contribution in [1.29, 1.82) is 0 Å². The Hall–Kier alpha value is -2.34. The Morgan fingerprint density at radius 2 is 2.14 bits per heavy atom. The van der Waals surface area contributed by atoms with Crippen molar-refractivity contribution in [3.05, 3.63) is 52.5 Å². The first-order chi connectivity index (χ1) is 10.2. The molecule has 0 spiro atoms. The van der Waals surface area contributed by atoms with Crippen LogP contribution < -0.4 is 10.1 Å². The summed E-state index contributed by atoms with van der Waals surface area (Å²) >= 11 is 3.38. The third-order valence-corrected chi connectivity index (χ3v) is 3.49. The summed E-state index contributed by atoms with van der Waals surface area (Å²) in [5.74, 6) is 0.735. The fourth-order valence-electron chi connectivity index (χ4n) is 1.95. The van der Waals surface area contributed by atoms with Crippen LogP contribution in [0, 0.1) is 0 Å². The number of nitrogens with zero attached hydrogens (tertiary/aromatic N) is 1. The molecule has 1 amide bonds. The lowest BCUT2D eigenvalue weighted by Gasteiger charge is -2.04. The van der Waals surface area contributed by atoms with Gasteiger partial charge in [0.1, 0.15) is 5.75 Å². The summed E-state index contributed by atoms with van der Waals surface area (Å²) < 4.78 is 11.2. The van der Waals surface area contributed by atoms with Crippen LogP contribution in [0.5, 0.6) is 5.75 Å². The smallest absolute Gasteiger partial charge is 0.257 e. The largest absolute Gasteiger partial charge is 0.497 e. The number of nitrogens with one attached hydrogen (secondary N) is 1. The molecule has 1 N–H and O–H groups in total. The predicted molar refractivity (Wildman–Crippen MR) is 82.7 cm³/mol. The molecule has 0 saturated heterocycles. The number of rotatable bonds is 3. The Kier molecular flexibility index (Phi) is 3.62. The maximum Gasteiger partial charge on any atom is 0.257 e. The van der Waals surface area contributed by atoms with E-state index >= 15 is 0 Å². The van der Waals surface area contributed by atoms with Crippen LogP contribution in [0.2, 0.25) is 0 Å². The van der Waals surface area contributed by atoms with Gasteiger partial charge in [0.2, 0.25) is 0 Å². The van der Waals surface area contributed by atoms with E-state index in [0.29, 0.717) is 22.7 Å². The second-order valence-corrected chi connectivity index (χ2v) is 5.27. The average Bonchev–Trinajstić information content (AvgIpc) is 2.89. The van der Waals surface area contributed by atoms with Gasteiger partial charge < -0.3 is 14.6 Å². The molecule has 106 valence electrons. The molecule has 1 aromatic heterocycles. The maximum absolute atomic E-state index is 12.2. The van der Waals surface area contributed by atoms with Gasteiger partial charge in [-0.25, -0.2) is 0 Å². The van der Waals surface area contributed by atoms with Crippen LogP contribution in [0.1, 0.15) is 10.4 Å². The van der Waals surface area contributed by atoms with E-state index in [1.807, 2.05) is 12.1 Å². The monoisotopic (exact) mass is 346 g/mol. The fraction of sp³-hybridized carbons (Fsp3) is 0.0667. The van der Waals surface area contributed by atoms with Crippen molar-refractivity contribution in [1.82, 2.24) is 5.16 Å².